The number of aliphatic hydroxyl groups excluding tert-OH is 1. The molecule has 1 aliphatic rings. The summed E-state index contributed by atoms with van der Waals surface area (Å²) in [6, 6.07) is 34.1. The van der Waals surface area contributed by atoms with Gasteiger partial charge in [0.15, 0.2) is 0 Å². The van der Waals surface area contributed by atoms with E-state index < -0.39 is 11.6 Å². The van der Waals surface area contributed by atoms with Gasteiger partial charge in [-0.05, 0) is 58.4 Å². The van der Waals surface area contributed by atoms with E-state index >= 15 is 0 Å². The molecule has 4 aromatic carbocycles. The predicted octanol–water partition coefficient (Wildman–Crippen LogP) is 6.90. The molecule has 0 saturated carbocycles. The van der Waals surface area contributed by atoms with Crippen LogP contribution in [0.4, 0.5) is 4.39 Å². The zero-order chi connectivity index (χ0) is 25.4. The van der Waals surface area contributed by atoms with Crippen LogP contribution in [-0.2, 0) is 12.0 Å². The van der Waals surface area contributed by atoms with Gasteiger partial charge in [-0.2, -0.15) is 0 Å². The SMILES string of the molecule is C=C(c1cn(C(c2ccccc2)(c2ccccc2)c2ccccc2)cn1)c1cc(F)cc2c1C(O)CC2. The molecule has 182 valence electrons. The number of hydrogen-bond acceptors (Lipinski definition) is 2. The molecule has 1 aromatic heterocycles. The van der Waals surface area contributed by atoms with Crippen molar-refractivity contribution in [2.75, 3.05) is 0 Å². The van der Waals surface area contributed by atoms with Crippen molar-refractivity contribution in [3.05, 3.63) is 167 Å². The lowest BCUT2D eigenvalue weighted by Crippen LogP contribution is -2.36. The van der Waals surface area contributed by atoms with E-state index in [0.717, 1.165) is 27.8 Å². The van der Waals surface area contributed by atoms with Gasteiger partial charge in [0.1, 0.15) is 11.4 Å². The first-order valence-electron chi connectivity index (χ1n) is 12.5. The molecule has 1 aliphatic carbocycles. The topological polar surface area (TPSA) is 38.0 Å². The fraction of sp³-hybridized carbons (Fsp3) is 0.121. The molecule has 0 amide bonds. The molecule has 1 atom stereocenters. The van der Waals surface area contributed by atoms with Crippen LogP contribution in [0, 0.1) is 5.82 Å². The van der Waals surface area contributed by atoms with Crippen LogP contribution >= 0.6 is 0 Å². The number of nitrogens with zero attached hydrogens (tertiary/aromatic N) is 2. The second-order valence-electron chi connectivity index (χ2n) is 9.53. The normalized spacial score (nSPS) is 14.9. The molecule has 1 unspecified atom stereocenters. The Morgan fingerprint density at radius 1 is 0.865 bits per heavy atom. The molecule has 0 aliphatic heterocycles. The zero-order valence-corrected chi connectivity index (χ0v) is 20.4. The van der Waals surface area contributed by atoms with Crippen LogP contribution in [0.15, 0.2) is 122 Å². The third-order valence-electron chi connectivity index (χ3n) is 7.43. The number of rotatable bonds is 6. The lowest BCUT2D eigenvalue weighted by atomic mass is 9.76. The van der Waals surface area contributed by atoms with E-state index in [1.165, 1.54) is 12.1 Å². The number of aryl methyl sites for hydroxylation is 1. The lowest BCUT2D eigenvalue weighted by Gasteiger charge is -2.37. The van der Waals surface area contributed by atoms with Crippen LogP contribution in [-0.4, -0.2) is 14.7 Å². The monoisotopic (exact) mass is 486 g/mol. The Morgan fingerprint density at radius 2 is 1.41 bits per heavy atom. The molecular formula is C33H27FN2O. The fourth-order valence-corrected chi connectivity index (χ4v) is 5.75. The summed E-state index contributed by atoms with van der Waals surface area (Å²) >= 11 is 0. The van der Waals surface area contributed by atoms with Crippen LogP contribution in [0.5, 0.6) is 0 Å². The summed E-state index contributed by atoms with van der Waals surface area (Å²) < 4.78 is 16.7. The van der Waals surface area contributed by atoms with Gasteiger partial charge in [-0.3, -0.25) is 0 Å². The number of fused-ring (bicyclic) bond motifs is 1. The molecule has 4 heteroatoms. The van der Waals surface area contributed by atoms with Crippen molar-refractivity contribution in [2.45, 2.75) is 24.5 Å². The van der Waals surface area contributed by atoms with E-state index in [4.69, 9.17) is 4.98 Å². The molecule has 3 nitrogen and oxygen atoms in total. The Kier molecular flexibility index (Phi) is 5.82. The second-order valence-corrected chi connectivity index (χ2v) is 9.53. The minimum Gasteiger partial charge on any atom is -0.388 e. The van der Waals surface area contributed by atoms with Crippen LogP contribution in [0.3, 0.4) is 0 Å². The molecule has 37 heavy (non-hydrogen) atoms. The summed E-state index contributed by atoms with van der Waals surface area (Å²) in [5.41, 5.74) is 6.03. The molecule has 0 saturated heterocycles. The highest BCUT2D eigenvalue weighted by atomic mass is 19.1. The lowest BCUT2D eigenvalue weighted by molar-refractivity contribution is 0.179. The molecule has 1 N–H and O–H groups in total. The van der Waals surface area contributed by atoms with Gasteiger partial charge >= 0.3 is 0 Å². The molecule has 0 radical (unpaired) electrons. The molecular weight excluding hydrogens is 459 g/mol. The summed E-state index contributed by atoms with van der Waals surface area (Å²) in [5.74, 6) is -0.323. The number of halogens is 1. The maximum Gasteiger partial charge on any atom is 0.124 e. The van der Waals surface area contributed by atoms with Crippen LogP contribution in [0.25, 0.3) is 5.57 Å². The molecule has 0 spiro atoms. The molecule has 1 heterocycles. The van der Waals surface area contributed by atoms with Crippen LogP contribution in [0.1, 0.15) is 51.6 Å². The van der Waals surface area contributed by atoms with E-state index in [2.05, 4.69) is 47.5 Å². The van der Waals surface area contributed by atoms with Crippen molar-refractivity contribution in [1.82, 2.24) is 9.55 Å². The average molecular weight is 487 g/mol. The van der Waals surface area contributed by atoms with Crippen LogP contribution < -0.4 is 0 Å². The summed E-state index contributed by atoms with van der Waals surface area (Å²) in [4.78, 5) is 4.77. The van der Waals surface area contributed by atoms with Crippen LogP contribution in [0.2, 0.25) is 0 Å². The molecule has 0 fully saturated rings. The van der Waals surface area contributed by atoms with Gasteiger partial charge in [-0.25, -0.2) is 9.37 Å². The molecule has 6 rings (SSSR count). The first-order chi connectivity index (χ1) is 18.1. The van der Waals surface area contributed by atoms with E-state index in [1.54, 1.807) is 0 Å². The predicted molar refractivity (Wildman–Crippen MR) is 145 cm³/mol. The number of hydrogen-bond donors (Lipinski definition) is 1. The van der Waals surface area contributed by atoms with Gasteiger partial charge in [-0.1, -0.05) is 97.6 Å². The average Bonchev–Trinajstić information content (AvgIpc) is 3.58. The highest BCUT2D eigenvalue weighted by molar-refractivity contribution is 5.79. The fourth-order valence-electron chi connectivity index (χ4n) is 5.75. The third kappa shape index (κ3) is 3.81. The maximum absolute atomic E-state index is 14.5. The Labute approximate surface area is 216 Å². The number of benzene rings is 4. The summed E-state index contributed by atoms with van der Waals surface area (Å²) in [6.45, 7) is 4.31. The van der Waals surface area contributed by atoms with Crippen molar-refractivity contribution in [2.24, 2.45) is 0 Å². The van der Waals surface area contributed by atoms with Crippen molar-refractivity contribution >= 4 is 5.57 Å². The largest absolute Gasteiger partial charge is 0.388 e. The van der Waals surface area contributed by atoms with Gasteiger partial charge in [0.2, 0.25) is 0 Å². The highest BCUT2D eigenvalue weighted by Gasteiger charge is 2.38. The van der Waals surface area contributed by atoms with E-state index in [9.17, 15) is 9.50 Å². The van der Waals surface area contributed by atoms with Gasteiger partial charge in [0.05, 0.1) is 18.1 Å². The Morgan fingerprint density at radius 3 is 1.95 bits per heavy atom. The smallest absolute Gasteiger partial charge is 0.124 e. The third-order valence-corrected chi connectivity index (χ3v) is 7.43. The minimum atomic E-state index is -0.696. The standard InChI is InChI=1S/C33H27FN2O/c1-23(29-20-28(34)19-24-17-18-31(37)32(24)29)30-21-36(22-35-30)33(25-11-5-2-6-12-25,26-13-7-3-8-14-26)27-15-9-4-10-16-27/h2-16,19-22,31,37H,1,17-18H2. The molecule has 0 bridgehead atoms. The summed E-state index contributed by atoms with van der Waals surface area (Å²) in [6.07, 6.45) is 4.42. The second kappa shape index (κ2) is 9.30. The van der Waals surface area contributed by atoms with Gasteiger partial charge in [0.25, 0.3) is 0 Å². The number of aromatic nitrogens is 2. The first kappa shape index (κ1) is 23.1. The number of aliphatic hydroxyl groups is 1. The summed E-state index contributed by atoms with van der Waals surface area (Å²) in [5, 5.41) is 10.6. The Balaban J connectivity index is 1.56. The van der Waals surface area contributed by atoms with Gasteiger partial charge in [-0.15, -0.1) is 0 Å². The molecule has 5 aromatic rings. The van der Waals surface area contributed by atoms with Gasteiger partial charge < -0.3 is 9.67 Å². The van der Waals surface area contributed by atoms with Crippen molar-refractivity contribution in [1.29, 1.82) is 0 Å². The van der Waals surface area contributed by atoms with E-state index in [-0.39, 0.29) is 5.82 Å². The zero-order valence-electron chi connectivity index (χ0n) is 20.4. The Bertz CT molecular complexity index is 1460. The van der Waals surface area contributed by atoms with Crippen molar-refractivity contribution in [3.63, 3.8) is 0 Å². The highest BCUT2D eigenvalue weighted by Crippen LogP contribution is 2.42. The van der Waals surface area contributed by atoms with Crippen molar-refractivity contribution in [3.8, 4) is 0 Å². The quantitative estimate of drug-likeness (QED) is 0.265. The maximum atomic E-state index is 14.5. The van der Waals surface area contributed by atoms with E-state index in [1.807, 2.05) is 67.1 Å². The first-order valence-corrected chi connectivity index (χ1v) is 12.5. The number of imidazole rings is 1. The van der Waals surface area contributed by atoms with Gasteiger partial charge in [0, 0.05) is 11.8 Å². The van der Waals surface area contributed by atoms with E-state index in [0.29, 0.717) is 29.7 Å². The Hall–Kier alpha value is -4.28. The minimum absolute atomic E-state index is 0.323. The van der Waals surface area contributed by atoms with Crippen molar-refractivity contribution < 1.29 is 9.50 Å². The summed E-state index contributed by atoms with van der Waals surface area (Å²) in [7, 11) is 0.